The van der Waals surface area contributed by atoms with E-state index in [1.165, 1.54) is 0 Å². The molecule has 2 aromatic heterocycles. The summed E-state index contributed by atoms with van der Waals surface area (Å²) in [5.74, 6) is 0.299. The summed E-state index contributed by atoms with van der Waals surface area (Å²) >= 11 is 0. The number of nitrogens with zero attached hydrogens (tertiary/aromatic N) is 2. The molecule has 20 heavy (non-hydrogen) atoms. The highest BCUT2D eigenvalue weighted by Gasteiger charge is 2.07. The Labute approximate surface area is 117 Å². The second-order valence-corrected chi connectivity index (χ2v) is 4.01. The molecule has 3 N–H and O–H groups in total. The van der Waals surface area contributed by atoms with Crippen LogP contribution >= 0.6 is 0 Å². The van der Waals surface area contributed by atoms with Gasteiger partial charge < -0.3 is 15.8 Å². The van der Waals surface area contributed by atoms with Crippen molar-refractivity contribution in [2.24, 2.45) is 5.73 Å². The zero-order chi connectivity index (χ0) is 14.4. The van der Waals surface area contributed by atoms with E-state index >= 15 is 0 Å². The summed E-state index contributed by atoms with van der Waals surface area (Å²) in [7, 11) is 0. The number of carbonyl (C=O) groups is 1. The van der Waals surface area contributed by atoms with Crippen molar-refractivity contribution < 1.29 is 9.53 Å². The maximum atomic E-state index is 12.1. The molecular weight excluding hydrogens is 256 g/mol. The second kappa shape index (κ2) is 6.63. The monoisotopic (exact) mass is 272 g/mol. The molecule has 0 spiro atoms. The van der Waals surface area contributed by atoms with Gasteiger partial charge in [0, 0.05) is 24.4 Å². The zero-order valence-electron chi connectivity index (χ0n) is 11.2. The van der Waals surface area contributed by atoms with Gasteiger partial charge in [0.1, 0.15) is 0 Å². The van der Waals surface area contributed by atoms with Crippen LogP contribution in [0.5, 0.6) is 5.88 Å². The molecule has 2 aromatic rings. The Hall–Kier alpha value is -2.47. The normalized spacial score (nSPS) is 10.1. The van der Waals surface area contributed by atoms with Crippen LogP contribution < -0.4 is 15.8 Å². The predicted octanol–water partition coefficient (Wildman–Crippen LogP) is 1.59. The van der Waals surface area contributed by atoms with Gasteiger partial charge in [0.05, 0.1) is 24.2 Å². The lowest BCUT2D eigenvalue weighted by Gasteiger charge is -2.07. The largest absolute Gasteiger partial charge is 0.478 e. The number of carbonyl (C=O) groups excluding carboxylic acids is 1. The molecule has 0 unspecified atom stereocenters. The van der Waals surface area contributed by atoms with Gasteiger partial charge in [-0.1, -0.05) is 0 Å². The van der Waals surface area contributed by atoms with Crippen molar-refractivity contribution in [3.05, 3.63) is 47.9 Å². The standard InChI is InChI=1S/C14H16N4O2/c1-2-20-13-4-3-11(9-17-13)18-14(19)10-5-6-16-12(7-10)8-15/h3-7,9H,2,8,15H2,1H3,(H,18,19). The topological polar surface area (TPSA) is 90.1 Å². The predicted molar refractivity (Wildman–Crippen MR) is 75.5 cm³/mol. The third-order valence-electron chi connectivity index (χ3n) is 2.57. The van der Waals surface area contributed by atoms with E-state index in [1.54, 1.807) is 36.7 Å². The van der Waals surface area contributed by atoms with Crippen molar-refractivity contribution in [1.29, 1.82) is 0 Å². The fourth-order valence-corrected chi connectivity index (χ4v) is 1.62. The summed E-state index contributed by atoms with van der Waals surface area (Å²) in [5, 5.41) is 2.75. The minimum absolute atomic E-state index is 0.229. The molecule has 0 fully saturated rings. The maximum absolute atomic E-state index is 12.1. The van der Waals surface area contributed by atoms with E-state index in [-0.39, 0.29) is 5.91 Å². The van der Waals surface area contributed by atoms with Crippen LogP contribution in [0, 0.1) is 0 Å². The average Bonchev–Trinajstić information content (AvgIpc) is 2.49. The molecule has 0 aliphatic heterocycles. The highest BCUT2D eigenvalue weighted by molar-refractivity contribution is 6.04. The highest BCUT2D eigenvalue weighted by atomic mass is 16.5. The molecule has 0 atom stereocenters. The van der Waals surface area contributed by atoms with Crippen LogP contribution in [-0.2, 0) is 6.54 Å². The fourth-order valence-electron chi connectivity index (χ4n) is 1.62. The molecule has 2 rings (SSSR count). The average molecular weight is 272 g/mol. The fraction of sp³-hybridized carbons (Fsp3) is 0.214. The van der Waals surface area contributed by atoms with Gasteiger partial charge in [-0.2, -0.15) is 0 Å². The molecule has 0 radical (unpaired) electrons. The first-order valence-electron chi connectivity index (χ1n) is 6.28. The van der Waals surface area contributed by atoms with E-state index in [4.69, 9.17) is 10.5 Å². The summed E-state index contributed by atoms with van der Waals surface area (Å²) in [6, 6.07) is 6.74. The summed E-state index contributed by atoms with van der Waals surface area (Å²) in [6.07, 6.45) is 3.11. The highest BCUT2D eigenvalue weighted by Crippen LogP contribution is 2.13. The Balaban J connectivity index is 2.06. The molecule has 6 nitrogen and oxygen atoms in total. The van der Waals surface area contributed by atoms with Gasteiger partial charge in [0.15, 0.2) is 0 Å². The lowest BCUT2D eigenvalue weighted by Crippen LogP contribution is -2.13. The number of amides is 1. The molecule has 0 aromatic carbocycles. The summed E-state index contributed by atoms with van der Waals surface area (Å²) in [5.41, 5.74) is 7.28. The summed E-state index contributed by atoms with van der Waals surface area (Å²) < 4.78 is 5.23. The molecule has 2 heterocycles. The first kappa shape index (κ1) is 14.0. The first-order chi connectivity index (χ1) is 9.72. The number of hydrogen-bond donors (Lipinski definition) is 2. The van der Waals surface area contributed by atoms with Crippen LogP contribution in [0.15, 0.2) is 36.7 Å². The Morgan fingerprint density at radius 2 is 2.20 bits per heavy atom. The van der Waals surface area contributed by atoms with E-state index in [1.807, 2.05) is 6.92 Å². The van der Waals surface area contributed by atoms with Crippen molar-refractivity contribution >= 4 is 11.6 Å². The molecule has 0 bridgehead atoms. The number of nitrogens with one attached hydrogen (secondary N) is 1. The third kappa shape index (κ3) is 3.52. The van der Waals surface area contributed by atoms with E-state index < -0.39 is 0 Å². The molecule has 104 valence electrons. The second-order valence-electron chi connectivity index (χ2n) is 4.01. The van der Waals surface area contributed by atoms with Crippen molar-refractivity contribution in [2.45, 2.75) is 13.5 Å². The van der Waals surface area contributed by atoms with E-state index in [9.17, 15) is 4.79 Å². The van der Waals surface area contributed by atoms with E-state index in [0.29, 0.717) is 36.0 Å². The van der Waals surface area contributed by atoms with E-state index in [2.05, 4.69) is 15.3 Å². The summed E-state index contributed by atoms with van der Waals surface area (Å²) in [6.45, 7) is 2.74. The number of aromatic nitrogens is 2. The van der Waals surface area contributed by atoms with Gasteiger partial charge >= 0.3 is 0 Å². The Morgan fingerprint density at radius 1 is 1.35 bits per heavy atom. The number of nitrogens with two attached hydrogens (primary N) is 1. The lowest BCUT2D eigenvalue weighted by atomic mass is 10.2. The molecule has 1 amide bonds. The Bertz CT molecular complexity index is 584. The molecule has 0 saturated carbocycles. The van der Waals surface area contributed by atoms with Crippen LogP contribution in [0.25, 0.3) is 0 Å². The van der Waals surface area contributed by atoms with Gasteiger partial charge in [-0.15, -0.1) is 0 Å². The van der Waals surface area contributed by atoms with Crippen LogP contribution in [0.3, 0.4) is 0 Å². The molecule has 0 aliphatic rings. The third-order valence-corrected chi connectivity index (χ3v) is 2.57. The van der Waals surface area contributed by atoms with Crippen molar-refractivity contribution in [3.8, 4) is 5.88 Å². The molecule has 0 saturated heterocycles. The van der Waals surface area contributed by atoms with Crippen LogP contribution in [0.1, 0.15) is 23.0 Å². The smallest absolute Gasteiger partial charge is 0.255 e. The first-order valence-corrected chi connectivity index (χ1v) is 6.28. The minimum Gasteiger partial charge on any atom is -0.478 e. The van der Waals surface area contributed by atoms with Gasteiger partial charge in [0.25, 0.3) is 5.91 Å². The SMILES string of the molecule is CCOc1ccc(NC(=O)c2ccnc(CN)c2)cn1. The minimum atomic E-state index is -0.229. The van der Waals surface area contributed by atoms with Gasteiger partial charge in [-0.25, -0.2) is 4.98 Å². The van der Waals surface area contributed by atoms with Gasteiger partial charge in [-0.05, 0) is 25.1 Å². The van der Waals surface area contributed by atoms with Crippen molar-refractivity contribution in [3.63, 3.8) is 0 Å². The maximum Gasteiger partial charge on any atom is 0.255 e. The zero-order valence-corrected chi connectivity index (χ0v) is 11.2. The van der Waals surface area contributed by atoms with Crippen LogP contribution in [0.2, 0.25) is 0 Å². The number of hydrogen-bond acceptors (Lipinski definition) is 5. The number of ether oxygens (including phenoxy) is 1. The van der Waals surface area contributed by atoms with Crippen LogP contribution in [0.4, 0.5) is 5.69 Å². The van der Waals surface area contributed by atoms with Gasteiger partial charge in [-0.3, -0.25) is 9.78 Å². The van der Waals surface area contributed by atoms with E-state index in [0.717, 1.165) is 0 Å². The molecular formula is C14H16N4O2. The van der Waals surface area contributed by atoms with Gasteiger partial charge in [0.2, 0.25) is 5.88 Å². The number of anilines is 1. The molecule has 6 heteroatoms. The van der Waals surface area contributed by atoms with Crippen molar-refractivity contribution in [2.75, 3.05) is 11.9 Å². The number of pyridine rings is 2. The lowest BCUT2D eigenvalue weighted by molar-refractivity contribution is 0.102. The summed E-state index contributed by atoms with van der Waals surface area (Å²) in [4.78, 5) is 20.2. The molecule has 0 aliphatic carbocycles. The Kier molecular flexibility index (Phi) is 4.62. The quantitative estimate of drug-likeness (QED) is 0.862. The Morgan fingerprint density at radius 3 is 2.85 bits per heavy atom. The van der Waals surface area contributed by atoms with Crippen LogP contribution in [-0.4, -0.2) is 22.5 Å². The number of rotatable bonds is 5. The van der Waals surface area contributed by atoms with Crippen molar-refractivity contribution in [1.82, 2.24) is 9.97 Å².